The highest BCUT2D eigenvalue weighted by Crippen LogP contribution is 2.32. The molecule has 0 fully saturated rings. The molecule has 0 bridgehead atoms. The number of benzene rings is 1. The normalized spacial score (nSPS) is 11.6. The molecule has 106 valence electrons. The molecule has 0 radical (unpaired) electrons. The van der Waals surface area contributed by atoms with E-state index in [1.165, 1.54) is 12.1 Å². The van der Waals surface area contributed by atoms with Gasteiger partial charge < -0.3 is 4.42 Å². The lowest BCUT2D eigenvalue weighted by atomic mass is 10.1. The molecule has 0 N–H and O–H groups in total. The lowest BCUT2D eigenvalue weighted by molar-refractivity contribution is -0.137. The summed E-state index contributed by atoms with van der Waals surface area (Å²) in [5, 5.41) is 7.61. The lowest BCUT2D eigenvalue weighted by Crippen LogP contribution is -2.04. The predicted molar refractivity (Wildman–Crippen MR) is 68.0 cm³/mol. The lowest BCUT2D eigenvalue weighted by Gasteiger charge is -2.06. The summed E-state index contributed by atoms with van der Waals surface area (Å²) in [6.45, 7) is 0. The average Bonchev–Trinajstić information content (AvgIpc) is 2.97. The number of rotatable bonds is 2. The standard InChI is InChI=1S/C14H8F3N3O/c15-14(16,17)11-3-1-2-10(8-11)13-20-19-12(21-13)9-4-6-18-7-5-9/h1-8H. The van der Waals surface area contributed by atoms with Gasteiger partial charge in [-0.3, -0.25) is 4.98 Å². The van der Waals surface area contributed by atoms with E-state index in [1.807, 2.05) is 0 Å². The van der Waals surface area contributed by atoms with Crippen LogP contribution in [-0.4, -0.2) is 15.2 Å². The van der Waals surface area contributed by atoms with Crippen molar-refractivity contribution >= 4 is 0 Å². The Morgan fingerprint density at radius 1 is 0.857 bits per heavy atom. The van der Waals surface area contributed by atoms with Gasteiger partial charge >= 0.3 is 6.18 Å². The molecule has 2 heterocycles. The third-order valence-corrected chi connectivity index (χ3v) is 2.79. The first-order chi connectivity index (χ1) is 10.0. The zero-order valence-corrected chi connectivity index (χ0v) is 10.5. The maximum absolute atomic E-state index is 12.7. The summed E-state index contributed by atoms with van der Waals surface area (Å²) in [7, 11) is 0. The van der Waals surface area contributed by atoms with Crippen LogP contribution < -0.4 is 0 Å². The van der Waals surface area contributed by atoms with E-state index in [1.54, 1.807) is 24.5 Å². The Balaban J connectivity index is 1.97. The Kier molecular flexibility index (Phi) is 3.17. The molecule has 7 heteroatoms. The summed E-state index contributed by atoms with van der Waals surface area (Å²) < 4.78 is 43.4. The fourth-order valence-corrected chi connectivity index (χ4v) is 1.78. The van der Waals surface area contributed by atoms with Crippen LogP contribution in [0.4, 0.5) is 13.2 Å². The van der Waals surface area contributed by atoms with E-state index < -0.39 is 11.7 Å². The maximum Gasteiger partial charge on any atom is 0.416 e. The summed E-state index contributed by atoms with van der Waals surface area (Å²) in [5.74, 6) is 0.262. The van der Waals surface area contributed by atoms with E-state index >= 15 is 0 Å². The van der Waals surface area contributed by atoms with Gasteiger partial charge in [0.2, 0.25) is 11.8 Å². The fourth-order valence-electron chi connectivity index (χ4n) is 1.78. The Labute approximate surface area is 117 Å². The second-order valence-electron chi connectivity index (χ2n) is 4.23. The van der Waals surface area contributed by atoms with Crippen molar-refractivity contribution in [3.8, 4) is 22.9 Å². The Hall–Kier alpha value is -2.70. The Bertz CT molecular complexity index is 753. The summed E-state index contributed by atoms with van der Waals surface area (Å²) >= 11 is 0. The van der Waals surface area contributed by atoms with Crippen LogP contribution in [0, 0.1) is 0 Å². The minimum absolute atomic E-state index is 0.0351. The number of halogens is 3. The molecular weight excluding hydrogens is 283 g/mol. The van der Waals surface area contributed by atoms with Crippen molar-refractivity contribution in [3.63, 3.8) is 0 Å². The molecule has 0 aliphatic rings. The average molecular weight is 291 g/mol. The van der Waals surface area contributed by atoms with Gasteiger partial charge in [0.1, 0.15) is 0 Å². The van der Waals surface area contributed by atoms with Crippen LogP contribution in [0.5, 0.6) is 0 Å². The predicted octanol–water partition coefficient (Wildman–Crippen LogP) is 3.82. The Morgan fingerprint density at radius 2 is 1.52 bits per heavy atom. The summed E-state index contributed by atoms with van der Waals surface area (Å²) in [4.78, 5) is 3.86. The van der Waals surface area contributed by atoms with Gasteiger partial charge in [0.15, 0.2) is 0 Å². The van der Waals surface area contributed by atoms with Gasteiger partial charge in [-0.1, -0.05) is 6.07 Å². The smallest absolute Gasteiger partial charge is 0.416 e. The van der Waals surface area contributed by atoms with Gasteiger partial charge in [-0.2, -0.15) is 13.2 Å². The molecule has 21 heavy (non-hydrogen) atoms. The first-order valence-electron chi connectivity index (χ1n) is 5.95. The van der Waals surface area contributed by atoms with Crippen molar-refractivity contribution in [1.82, 2.24) is 15.2 Å². The highest BCUT2D eigenvalue weighted by molar-refractivity contribution is 5.58. The van der Waals surface area contributed by atoms with Gasteiger partial charge in [-0.25, -0.2) is 0 Å². The summed E-state index contributed by atoms with van der Waals surface area (Å²) in [6.07, 6.45) is -1.29. The first-order valence-corrected chi connectivity index (χ1v) is 5.95. The summed E-state index contributed by atoms with van der Waals surface area (Å²) in [6, 6.07) is 8.09. The number of pyridine rings is 1. The van der Waals surface area contributed by atoms with Gasteiger partial charge in [0.05, 0.1) is 5.56 Å². The molecule has 0 saturated heterocycles. The number of hydrogen-bond donors (Lipinski definition) is 0. The zero-order valence-electron chi connectivity index (χ0n) is 10.5. The van der Waals surface area contributed by atoms with E-state index in [4.69, 9.17) is 4.42 Å². The Morgan fingerprint density at radius 3 is 2.19 bits per heavy atom. The zero-order chi connectivity index (χ0) is 14.9. The molecule has 0 unspecified atom stereocenters. The molecule has 0 aliphatic heterocycles. The highest BCUT2D eigenvalue weighted by Gasteiger charge is 2.30. The second-order valence-corrected chi connectivity index (χ2v) is 4.23. The SMILES string of the molecule is FC(F)(F)c1cccc(-c2nnc(-c3ccncc3)o2)c1. The van der Waals surface area contributed by atoms with Gasteiger partial charge in [0.25, 0.3) is 0 Å². The van der Waals surface area contributed by atoms with Crippen LogP contribution >= 0.6 is 0 Å². The van der Waals surface area contributed by atoms with Crippen molar-refractivity contribution in [2.75, 3.05) is 0 Å². The highest BCUT2D eigenvalue weighted by atomic mass is 19.4. The van der Waals surface area contributed by atoms with E-state index in [0.717, 1.165) is 12.1 Å². The van der Waals surface area contributed by atoms with Crippen molar-refractivity contribution < 1.29 is 17.6 Å². The molecule has 3 rings (SSSR count). The van der Waals surface area contributed by atoms with Crippen LogP contribution in [0.2, 0.25) is 0 Å². The quantitative estimate of drug-likeness (QED) is 0.720. The van der Waals surface area contributed by atoms with Crippen molar-refractivity contribution in [1.29, 1.82) is 0 Å². The molecule has 2 aromatic heterocycles. The van der Waals surface area contributed by atoms with Crippen LogP contribution in [0.3, 0.4) is 0 Å². The van der Waals surface area contributed by atoms with Crippen molar-refractivity contribution in [3.05, 3.63) is 54.4 Å². The molecule has 4 nitrogen and oxygen atoms in total. The van der Waals surface area contributed by atoms with Crippen LogP contribution in [0.25, 0.3) is 22.9 Å². The molecule has 0 spiro atoms. The molecule has 1 aromatic carbocycles. The summed E-state index contributed by atoms with van der Waals surface area (Å²) in [5.41, 5.74) is 0.108. The van der Waals surface area contributed by atoms with Crippen LogP contribution in [0.15, 0.2) is 53.2 Å². The van der Waals surface area contributed by atoms with E-state index in [0.29, 0.717) is 5.56 Å². The second kappa shape index (κ2) is 5.01. The minimum atomic E-state index is -4.41. The van der Waals surface area contributed by atoms with Crippen LogP contribution in [0.1, 0.15) is 5.56 Å². The number of alkyl halides is 3. The van der Waals surface area contributed by atoms with Gasteiger partial charge in [0, 0.05) is 23.5 Å². The molecule has 0 amide bonds. The molecule has 0 atom stereocenters. The monoisotopic (exact) mass is 291 g/mol. The minimum Gasteiger partial charge on any atom is -0.416 e. The number of hydrogen-bond acceptors (Lipinski definition) is 4. The topological polar surface area (TPSA) is 51.8 Å². The van der Waals surface area contributed by atoms with Crippen molar-refractivity contribution in [2.24, 2.45) is 0 Å². The molecule has 0 saturated carbocycles. The number of nitrogens with zero attached hydrogens (tertiary/aromatic N) is 3. The largest absolute Gasteiger partial charge is 0.416 e. The fraction of sp³-hybridized carbons (Fsp3) is 0.0714. The van der Waals surface area contributed by atoms with E-state index in [2.05, 4.69) is 15.2 Å². The third-order valence-electron chi connectivity index (χ3n) is 2.79. The molecule has 0 aliphatic carbocycles. The van der Waals surface area contributed by atoms with Crippen molar-refractivity contribution in [2.45, 2.75) is 6.18 Å². The van der Waals surface area contributed by atoms with Gasteiger partial charge in [-0.05, 0) is 30.3 Å². The molecule has 3 aromatic rings. The first kappa shape index (κ1) is 13.3. The van der Waals surface area contributed by atoms with E-state index in [-0.39, 0.29) is 17.3 Å². The maximum atomic E-state index is 12.7. The number of aromatic nitrogens is 3. The van der Waals surface area contributed by atoms with Gasteiger partial charge in [-0.15, -0.1) is 10.2 Å². The van der Waals surface area contributed by atoms with Crippen LogP contribution in [-0.2, 0) is 6.18 Å². The van der Waals surface area contributed by atoms with E-state index in [9.17, 15) is 13.2 Å². The molecular formula is C14H8F3N3O. The third kappa shape index (κ3) is 2.76.